The summed E-state index contributed by atoms with van der Waals surface area (Å²) in [7, 11) is 0. The third kappa shape index (κ3) is 3.39. The molecule has 1 aliphatic heterocycles. The van der Waals surface area contributed by atoms with Crippen LogP contribution in [0.5, 0.6) is 0 Å². The highest BCUT2D eigenvalue weighted by atomic mass is 35.5. The molecule has 7 heteroatoms. The summed E-state index contributed by atoms with van der Waals surface area (Å²) in [6.07, 6.45) is 0.901. The number of hydrogen-bond donors (Lipinski definition) is 2. The van der Waals surface area contributed by atoms with Gasteiger partial charge >= 0.3 is 0 Å². The number of benzene rings is 1. The Balaban J connectivity index is 2.06. The number of ether oxygens (including phenoxy) is 1. The number of rotatable bonds is 2. The molecule has 2 aromatic rings. The number of nitrogens with two attached hydrogens (primary N) is 2. The number of aryl methyl sites for hydroxylation is 2. The highest BCUT2D eigenvalue weighted by Crippen LogP contribution is 2.35. The molecule has 0 spiro atoms. The lowest BCUT2D eigenvalue weighted by Gasteiger charge is -2.31. The van der Waals surface area contributed by atoms with E-state index in [9.17, 15) is 0 Å². The summed E-state index contributed by atoms with van der Waals surface area (Å²) in [6.45, 7) is 5.86. The van der Waals surface area contributed by atoms with E-state index in [2.05, 4.69) is 14.9 Å². The van der Waals surface area contributed by atoms with Crippen LogP contribution in [0.25, 0.3) is 0 Å². The maximum atomic E-state index is 6.51. The SMILES string of the molecule is Cc1cc(N2CCCOC[C@@H]2c2cc(N)c(C)cc2Cl)nc(N)n1. The Morgan fingerprint density at radius 2 is 2.00 bits per heavy atom. The zero-order valence-corrected chi connectivity index (χ0v) is 14.7. The predicted octanol–water partition coefficient (Wildman–Crippen LogP) is 2.88. The largest absolute Gasteiger partial charge is 0.399 e. The van der Waals surface area contributed by atoms with Gasteiger partial charge in [0.1, 0.15) is 5.82 Å². The second-order valence-corrected chi connectivity index (χ2v) is 6.50. The van der Waals surface area contributed by atoms with Crippen molar-refractivity contribution in [2.24, 2.45) is 0 Å². The molecule has 1 aromatic carbocycles. The molecule has 24 heavy (non-hydrogen) atoms. The molecule has 0 saturated carbocycles. The van der Waals surface area contributed by atoms with Gasteiger partial charge in [0.15, 0.2) is 0 Å². The van der Waals surface area contributed by atoms with Gasteiger partial charge in [0.05, 0.1) is 12.6 Å². The molecule has 1 fully saturated rings. The molecule has 0 unspecified atom stereocenters. The molecule has 1 aliphatic rings. The van der Waals surface area contributed by atoms with Crippen LogP contribution in [0.2, 0.25) is 5.02 Å². The van der Waals surface area contributed by atoms with E-state index >= 15 is 0 Å². The summed E-state index contributed by atoms with van der Waals surface area (Å²) in [6, 6.07) is 5.69. The van der Waals surface area contributed by atoms with Crippen molar-refractivity contribution in [3.05, 3.63) is 40.0 Å². The van der Waals surface area contributed by atoms with Crippen LogP contribution in [-0.2, 0) is 4.74 Å². The third-order valence-corrected chi connectivity index (χ3v) is 4.56. The van der Waals surface area contributed by atoms with Crippen molar-refractivity contribution in [2.75, 3.05) is 36.1 Å². The van der Waals surface area contributed by atoms with Gasteiger partial charge in [-0.2, -0.15) is 4.98 Å². The van der Waals surface area contributed by atoms with Gasteiger partial charge in [0, 0.05) is 35.6 Å². The molecular formula is C17H22ClN5O. The van der Waals surface area contributed by atoms with Crippen molar-refractivity contribution in [3.63, 3.8) is 0 Å². The smallest absolute Gasteiger partial charge is 0.222 e. The lowest BCUT2D eigenvalue weighted by Crippen LogP contribution is -2.32. The molecule has 0 radical (unpaired) electrons. The minimum absolute atomic E-state index is 0.0726. The third-order valence-electron chi connectivity index (χ3n) is 4.24. The summed E-state index contributed by atoms with van der Waals surface area (Å²) in [5.41, 5.74) is 15.4. The molecule has 128 valence electrons. The van der Waals surface area contributed by atoms with Gasteiger partial charge in [0.2, 0.25) is 5.95 Å². The molecule has 0 amide bonds. The molecular weight excluding hydrogens is 326 g/mol. The normalized spacial score (nSPS) is 18.5. The summed E-state index contributed by atoms with van der Waals surface area (Å²) < 4.78 is 5.78. The van der Waals surface area contributed by atoms with Crippen LogP contribution in [0.15, 0.2) is 18.2 Å². The van der Waals surface area contributed by atoms with Crippen molar-refractivity contribution >= 4 is 29.1 Å². The first-order chi connectivity index (χ1) is 11.5. The molecule has 4 N–H and O–H groups in total. The Morgan fingerprint density at radius 3 is 2.75 bits per heavy atom. The van der Waals surface area contributed by atoms with Gasteiger partial charge in [-0.3, -0.25) is 0 Å². The Kier molecular flexibility index (Phi) is 4.78. The fourth-order valence-corrected chi connectivity index (χ4v) is 3.34. The van der Waals surface area contributed by atoms with Gasteiger partial charge in [-0.1, -0.05) is 11.6 Å². The zero-order chi connectivity index (χ0) is 17.3. The van der Waals surface area contributed by atoms with Gasteiger partial charge in [-0.25, -0.2) is 4.98 Å². The molecule has 6 nitrogen and oxygen atoms in total. The second kappa shape index (κ2) is 6.83. The quantitative estimate of drug-likeness (QED) is 0.812. The monoisotopic (exact) mass is 347 g/mol. The highest BCUT2D eigenvalue weighted by molar-refractivity contribution is 6.31. The summed E-state index contributed by atoms with van der Waals surface area (Å²) in [5.74, 6) is 1.05. The van der Waals surface area contributed by atoms with Crippen LogP contribution in [0.4, 0.5) is 17.5 Å². The number of anilines is 3. The maximum Gasteiger partial charge on any atom is 0.222 e. The van der Waals surface area contributed by atoms with Crippen molar-refractivity contribution in [3.8, 4) is 0 Å². The Hall–Kier alpha value is -2.05. The minimum Gasteiger partial charge on any atom is -0.399 e. The second-order valence-electron chi connectivity index (χ2n) is 6.09. The average Bonchev–Trinajstić information content (AvgIpc) is 2.75. The topological polar surface area (TPSA) is 90.3 Å². The van der Waals surface area contributed by atoms with Crippen LogP contribution in [0, 0.1) is 13.8 Å². The van der Waals surface area contributed by atoms with Crippen LogP contribution >= 0.6 is 11.6 Å². The fraction of sp³-hybridized carbons (Fsp3) is 0.412. The number of nitrogen functional groups attached to an aromatic ring is 2. The Bertz CT molecular complexity index is 732. The van der Waals surface area contributed by atoms with E-state index < -0.39 is 0 Å². The van der Waals surface area contributed by atoms with Crippen molar-refractivity contribution in [1.82, 2.24) is 9.97 Å². The van der Waals surface area contributed by atoms with Gasteiger partial charge in [-0.05, 0) is 43.5 Å². The van der Waals surface area contributed by atoms with E-state index in [-0.39, 0.29) is 12.0 Å². The lowest BCUT2D eigenvalue weighted by molar-refractivity contribution is 0.134. The minimum atomic E-state index is -0.0726. The molecule has 3 rings (SSSR count). The first-order valence-electron chi connectivity index (χ1n) is 7.97. The van der Waals surface area contributed by atoms with E-state index in [1.165, 1.54) is 0 Å². The molecule has 2 heterocycles. The summed E-state index contributed by atoms with van der Waals surface area (Å²) >= 11 is 6.51. The van der Waals surface area contributed by atoms with Crippen molar-refractivity contribution in [2.45, 2.75) is 26.3 Å². The highest BCUT2D eigenvalue weighted by Gasteiger charge is 2.27. The van der Waals surface area contributed by atoms with E-state index in [1.54, 1.807) is 0 Å². The predicted molar refractivity (Wildman–Crippen MR) is 97.3 cm³/mol. The van der Waals surface area contributed by atoms with Crippen LogP contribution in [0.3, 0.4) is 0 Å². The Morgan fingerprint density at radius 1 is 1.21 bits per heavy atom. The number of hydrogen-bond acceptors (Lipinski definition) is 6. The zero-order valence-electron chi connectivity index (χ0n) is 13.9. The van der Waals surface area contributed by atoms with E-state index in [1.807, 2.05) is 32.0 Å². The first kappa shape index (κ1) is 16.8. The summed E-state index contributed by atoms with van der Waals surface area (Å²) in [5, 5.41) is 0.681. The first-order valence-corrected chi connectivity index (χ1v) is 8.34. The van der Waals surface area contributed by atoms with Crippen LogP contribution in [0.1, 0.15) is 29.3 Å². The van der Waals surface area contributed by atoms with E-state index in [0.29, 0.717) is 18.2 Å². The number of nitrogens with zero attached hydrogens (tertiary/aromatic N) is 3. The van der Waals surface area contributed by atoms with E-state index in [4.69, 9.17) is 27.8 Å². The fourth-order valence-electron chi connectivity index (χ4n) is 2.99. The summed E-state index contributed by atoms with van der Waals surface area (Å²) in [4.78, 5) is 10.7. The maximum absolute atomic E-state index is 6.51. The van der Waals surface area contributed by atoms with Gasteiger partial charge in [0.25, 0.3) is 0 Å². The molecule has 0 bridgehead atoms. The van der Waals surface area contributed by atoms with E-state index in [0.717, 1.165) is 41.3 Å². The van der Waals surface area contributed by atoms with Crippen LogP contribution < -0.4 is 16.4 Å². The van der Waals surface area contributed by atoms with Crippen LogP contribution in [-0.4, -0.2) is 29.7 Å². The molecule has 0 aliphatic carbocycles. The van der Waals surface area contributed by atoms with Crippen molar-refractivity contribution < 1.29 is 4.74 Å². The number of aromatic nitrogens is 2. The van der Waals surface area contributed by atoms with Gasteiger partial charge < -0.3 is 21.1 Å². The Labute approximate surface area is 146 Å². The molecule has 1 atom stereocenters. The molecule has 1 saturated heterocycles. The van der Waals surface area contributed by atoms with Gasteiger partial charge in [-0.15, -0.1) is 0 Å². The standard InChI is InChI=1S/C17H22ClN5O/c1-10-6-13(18)12(8-14(10)19)15-9-24-5-3-4-23(15)16-7-11(2)21-17(20)22-16/h6-8,15H,3-5,9,19H2,1-2H3,(H2,20,21,22)/t15-/m1/s1. The molecule has 1 aromatic heterocycles. The number of halogens is 1. The lowest BCUT2D eigenvalue weighted by atomic mass is 10.0. The van der Waals surface area contributed by atoms with Crippen molar-refractivity contribution in [1.29, 1.82) is 0 Å². The average molecular weight is 348 g/mol.